The molecule has 3 rings (SSSR count). The first-order valence-corrected chi connectivity index (χ1v) is 8.97. The van der Waals surface area contributed by atoms with Gasteiger partial charge in [-0.05, 0) is 12.1 Å². The Labute approximate surface area is 160 Å². The number of ketones is 1. The van der Waals surface area contributed by atoms with Gasteiger partial charge in [0.15, 0.2) is 5.13 Å². The standard InChI is InChI=1S/C16H15F3N4O4S/c17-16(18,19)27-10-1-2-11-12(5-10)28-15(22-11)23-14(26)7-21-13(25)4-8-3-9(24)6-20-8/h1-2,5,8,20H,3-4,6-7H2,(H,21,25)(H,22,23,26)/t8-/m0/s1. The SMILES string of the molecule is O=C1CN[C@H](CC(=O)NCC(=O)Nc2nc3ccc(OC(F)(F)F)cc3s2)C1. The van der Waals surface area contributed by atoms with Crippen molar-refractivity contribution in [2.75, 3.05) is 18.4 Å². The zero-order valence-corrected chi connectivity index (χ0v) is 15.1. The Bertz CT molecular complexity index is 915. The van der Waals surface area contributed by atoms with E-state index in [0.29, 0.717) is 10.2 Å². The number of alkyl halides is 3. The number of benzene rings is 1. The molecule has 12 heteroatoms. The van der Waals surface area contributed by atoms with E-state index in [1.807, 2.05) is 0 Å². The highest BCUT2D eigenvalue weighted by atomic mass is 32.1. The van der Waals surface area contributed by atoms with Gasteiger partial charge in [0.2, 0.25) is 11.8 Å². The van der Waals surface area contributed by atoms with Crippen molar-refractivity contribution < 1.29 is 32.3 Å². The van der Waals surface area contributed by atoms with Crippen LogP contribution < -0.4 is 20.7 Å². The predicted molar refractivity (Wildman–Crippen MR) is 94.0 cm³/mol. The highest BCUT2D eigenvalue weighted by Gasteiger charge is 2.31. The first-order valence-electron chi connectivity index (χ1n) is 8.16. The summed E-state index contributed by atoms with van der Waals surface area (Å²) in [6.07, 6.45) is -4.43. The lowest BCUT2D eigenvalue weighted by molar-refractivity contribution is -0.274. The number of nitrogens with one attached hydrogen (secondary N) is 3. The van der Waals surface area contributed by atoms with Crippen molar-refractivity contribution >= 4 is 44.3 Å². The van der Waals surface area contributed by atoms with E-state index in [1.165, 1.54) is 12.1 Å². The van der Waals surface area contributed by atoms with Gasteiger partial charge in [0, 0.05) is 24.9 Å². The first-order chi connectivity index (χ1) is 13.2. The molecule has 0 unspecified atom stereocenters. The summed E-state index contributed by atoms with van der Waals surface area (Å²) >= 11 is 0.976. The van der Waals surface area contributed by atoms with E-state index in [0.717, 1.165) is 17.4 Å². The monoisotopic (exact) mass is 416 g/mol. The molecule has 3 N–H and O–H groups in total. The molecule has 2 heterocycles. The maximum Gasteiger partial charge on any atom is 0.573 e. The van der Waals surface area contributed by atoms with Gasteiger partial charge in [-0.2, -0.15) is 0 Å². The van der Waals surface area contributed by atoms with Crippen LogP contribution in [-0.2, 0) is 14.4 Å². The molecule has 1 aromatic heterocycles. The molecule has 2 amide bonds. The minimum atomic E-state index is -4.80. The van der Waals surface area contributed by atoms with E-state index in [9.17, 15) is 27.6 Å². The molecule has 1 aliphatic rings. The summed E-state index contributed by atoms with van der Waals surface area (Å²) in [7, 11) is 0. The number of amides is 2. The second-order valence-electron chi connectivity index (χ2n) is 6.05. The molecule has 1 aromatic carbocycles. The molecular weight excluding hydrogens is 401 g/mol. The molecule has 1 aliphatic heterocycles. The summed E-state index contributed by atoms with van der Waals surface area (Å²) in [4.78, 5) is 39.0. The Morgan fingerprint density at radius 3 is 2.79 bits per heavy atom. The van der Waals surface area contributed by atoms with Crippen molar-refractivity contribution in [2.24, 2.45) is 0 Å². The summed E-state index contributed by atoms with van der Waals surface area (Å²) in [5.74, 6) is -1.25. The third kappa shape index (κ3) is 5.63. The van der Waals surface area contributed by atoms with Gasteiger partial charge >= 0.3 is 6.36 Å². The Balaban J connectivity index is 1.51. The van der Waals surface area contributed by atoms with Crippen molar-refractivity contribution in [2.45, 2.75) is 25.2 Å². The number of nitrogens with zero attached hydrogens (tertiary/aromatic N) is 1. The van der Waals surface area contributed by atoms with Gasteiger partial charge in [0.1, 0.15) is 11.5 Å². The number of hydrogen-bond donors (Lipinski definition) is 3. The highest BCUT2D eigenvalue weighted by Crippen LogP contribution is 2.31. The molecule has 1 atom stereocenters. The van der Waals surface area contributed by atoms with Crippen LogP contribution in [0.15, 0.2) is 18.2 Å². The minimum Gasteiger partial charge on any atom is -0.406 e. The lowest BCUT2D eigenvalue weighted by Gasteiger charge is -2.09. The van der Waals surface area contributed by atoms with E-state index >= 15 is 0 Å². The predicted octanol–water partition coefficient (Wildman–Crippen LogP) is 1.57. The molecule has 0 aliphatic carbocycles. The molecule has 0 bridgehead atoms. The lowest BCUT2D eigenvalue weighted by atomic mass is 10.1. The van der Waals surface area contributed by atoms with Gasteiger partial charge in [-0.25, -0.2) is 4.98 Å². The normalized spacial score (nSPS) is 17.0. The average Bonchev–Trinajstić information content (AvgIpc) is 3.16. The fourth-order valence-electron chi connectivity index (χ4n) is 2.62. The van der Waals surface area contributed by atoms with Crippen LogP contribution in [0.2, 0.25) is 0 Å². The van der Waals surface area contributed by atoms with Gasteiger partial charge in [0.25, 0.3) is 0 Å². The van der Waals surface area contributed by atoms with Gasteiger partial charge in [-0.1, -0.05) is 11.3 Å². The maximum atomic E-state index is 12.3. The summed E-state index contributed by atoms with van der Waals surface area (Å²) in [6, 6.07) is 3.42. The second-order valence-corrected chi connectivity index (χ2v) is 7.08. The maximum absolute atomic E-state index is 12.3. The summed E-state index contributed by atoms with van der Waals surface area (Å²) in [5.41, 5.74) is 0.399. The molecule has 150 valence electrons. The molecule has 28 heavy (non-hydrogen) atoms. The van der Waals surface area contributed by atoms with Crippen LogP contribution in [0.3, 0.4) is 0 Å². The number of rotatable bonds is 6. The number of aromatic nitrogens is 1. The fraction of sp³-hybridized carbons (Fsp3) is 0.375. The molecular formula is C16H15F3N4O4S. The van der Waals surface area contributed by atoms with Crippen molar-refractivity contribution in [3.8, 4) is 5.75 Å². The minimum absolute atomic E-state index is 0.0372. The Hall–Kier alpha value is -2.73. The number of ether oxygens (including phenoxy) is 1. The average molecular weight is 416 g/mol. The molecule has 0 radical (unpaired) electrons. The second kappa shape index (κ2) is 8.10. The van der Waals surface area contributed by atoms with Crippen LogP contribution in [-0.4, -0.2) is 48.1 Å². The fourth-order valence-corrected chi connectivity index (χ4v) is 3.53. The number of fused-ring (bicyclic) bond motifs is 1. The van der Waals surface area contributed by atoms with Gasteiger partial charge in [-0.15, -0.1) is 13.2 Å². The zero-order chi connectivity index (χ0) is 20.3. The smallest absolute Gasteiger partial charge is 0.406 e. The number of anilines is 1. The zero-order valence-electron chi connectivity index (χ0n) is 14.3. The van der Waals surface area contributed by atoms with E-state index in [-0.39, 0.29) is 54.5 Å². The van der Waals surface area contributed by atoms with Gasteiger partial charge in [-0.3, -0.25) is 14.4 Å². The number of thiazole rings is 1. The summed E-state index contributed by atoms with van der Waals surface area (Å²) < 4.78 is 41.1. The first kappa shape index (κ1) is 20.0. The van der Waals surface area contributed by atoms with Crippen LogP contribution in [0.1, 0.15) is 12.8 Å². The van der Waals surface area contributed by atoms with Crippen LogP contribution in [0.5, 0.6) is 5.75 Å². The summed E-state index contributed by atoms with van der Waals surface area (Å²) in [6.45, 7) is -0.0520. The van der Waals surface area contributed by atoms with Crippen molar-refractivity contribution in [1.29, 1.82) is 0 Å². The quantitative estimate of drug-likeness (QED) is 0.660. The van der Waals surface area contributed by atoms with Crippen molar-refractivity contribution in [3.05, 3.63) is 18.2 Å². The van der Waals surface area contributed by atoms with Crippen molar-refractivity contribution in [3.63, 3.8) is 0 Å². The third-order valence-corrected chi connectivity index (χ3v) is 4.71. The Kier molecular flexibility index (Phi) is 5.79. The molecule has 1 saturated heterocycles. The van der Waals surface area contributed by atoms with E-state index in [4.69, 9.17) is 0 Å². The van der Waals surface area contributed by atoms with E-state index < -0.39 is 12.3 Å². The number of halogens is 3. The molecule has 8 nitrogen and oxygen atoms in total. The number of Topliss-reactive ketones (excluding diaryl/α,β-unsaturated/α-hetero) is 1. The molecule has 0 spiro atoms. The highest BCUT2D eigenvalue weighted by molar-refractivity contribution is 7.22. The van der Waals surface area contributed by atoms with E-state index in [2.05, 4.69) is 25.7 Å². The molecule has 0 saturated carbocycles. The Morgan fingerprint density at radius 1 is 1.32 bits per heavy atom. The Morgan fingerprint density at radius 2 is 2.11 bits per heavy atom. The van der Waals surface area contributed by atoms with Crippen LogP contribution in [0.4, 0.5) is 18.3 Å². The number of hydrogen-bond acceptors (Lipinski definition) is 7. The third-order valence-electron chi connectivity index (χ3n) is 3.78. The number of carbonyl (C=O) groups is 3. The van der Waals surface area contributed by atoms with Crippen LogP contribution in [0, 0.1) is 0 Å². The largest absolute Gasteiger partial charge is 0.573 e. The van der Waals surface area contributed by atoms with Gasteiger partial charge < -0.3 is 20.7 Å². The lowest BCUT2D eigenvalue weighted by Crippen LogP contribution is -2.36. The van der Waals surface area contributed by atoms with Crippen LogP contribution >= 0.6 is 11.3 Å². The van der Waals surface area contributed by atoms with E-state index in [1.54, 1.807) is 0 Å². The van der Waals surface area contributed by atoms with Gasteiger partial charge in [0.05, 0.1) is 23.3 Å². The molecule has 1 fully saturated rings. The molecule has 2 aromatic rings. The van der Waals surface area contributed by atoms with Crippen molar-refractivity contribution in [1.82, 2.24) is 15.6 Å². The topological polar surface area (TPSA) is 109 Å². The number of carbonyl (C=O) groups excluding carboxylic acids is 3. The summed E-state index contributed by atoms with van der Waals surface area (Å²) in [5, 5.41) is 8.00. The van der Waals surface area contributed by atoms with Crippen LogP contribution in [0.25, 0.3) is 10.2 Å².